The first-order valence-electron chi connectivity index (χ1n) is 7.47. The van der Waals surface area contributed by atoms with E-state index in [0.29, 0.717) is 16.7 Å². The first kappa shape index (κ1) is 14.9. The van der Waals surface area contributed by atoms with Crippen molar-refractivity contribution < 1.29 is 13.9 Å². The summed E-state index contributed by atoms with van der Waals surface area (Å²) in [7, 11) is 1.49. The number of hydrogen-bond donors (Lipinski definition) is 2. The summed E-state index contributed by atoms with van der Waals surface area (Å²) in [6.45, 7) is 0. The molecule has 0 aliphatic rings. The van der Waals surface area contributed by atoms with E-state index in [9.17, 15) is 4.79 Å². The number of hydrogen-bond acceptors (Lipinski definition) is 6. The fourth-order valence-corrected chi connectivity index (χ4v) is 2.67. The second-order valence-electron chi connectivity index (χ2n) is 5.20. The molecule has 2 N–H and O–H groups in total. The monoisotopic (exact) mass is 335 g/mol. The van der Waals surface area contributed by atoms with Gasteiger partial charge < -0.3 is 9.15 Å². The number of tetrazole rings is 1. The predicted molar refractivity (Wildman–Crippen MR) is 90.3 cm³/mol. The largest absolute Gasteiger partial charge is 0.492 e. The molecule has 0 fully saturated rings. The number of para-hydroxylation sites is 1. The van der Waals surface area contributed by atoms with Crippen LogP contribution in [0.4, 0.5) is 5.95 Å². The summed E-state index contributed by atoms with van der Waals surface area (Å²) in [5.41, 5.74) is 2.42. The first-order chi connectivity index (χ1) is 12.3. The van der Waals surface area contributed by atoms with Gasteiger partial charge in [0.1, 0.15) is 5.58 Å². The van der Waals surface area contributed by atoms with Crippen molar-refractivity contribution in [3.8, 4) is 16.9 Å². The normalized spacial score (nSPS) is 10.8. The molecule has 0 saturated heterocycles. The van der Waals surface area contributed by atoms with Crippen molar-refractivity contribution in [1.82, 2.24) is 20.6 Å². The smallest absolute Gasteiger partial charge is 0.297 e. The van der Waals surface area contributed by atoms with Crippen LogP contribution in [0, 0.1) is 0 Å². The molecule has 0 bridgehead atoms. The maximum atomic E-state index is 12.5. The van der Waals surface area contributed by atoms with Gasteiger partial charge in [0, 0.05) is 5.56 Å². The molecule has 2 aromatic heterocycles. The van der Waals surface area contributed by atoms with Gasteiger partial charge in [0.15, 0.2) is 5.75 Å². The lowest BCUT2D eigenvalue weighted by Crippen LogP contribution is -2.13. The third-order valence-electron chi connectivity index (χ3n) is 3.74. The van der Waals surface area contributed by atoms with Gasteiger partial charge in [-0.05, 0) is 16.8 Å². The summed E-state index contributed by atoms with van der Waals surface area (Å²) < 4.78 is 11.3. The molecule has 8 heteroatoms. The quantitative estimate of drug-likeness (QED) is 0.594. The number of benzene rings is 2. The average Bonchev–Trinajstić information content (AvgIpc) is 3.29. The van der Waals surface area contributed by atoms with Gasteiger partial charge in [-0.1, -0.05) is 47.6 Å². The molecular formula is C17H13N5O3. The summed E-state index contributed by atoms with van der Waals surface area (Å²) in [6.07, 6.45) is 0. The van der Waals surface area contributed by atoms with E-state index in [-0.39, 0.29) is 11.7 Å². The minimum Gasteiger partial charge on any atom is -0.492 e. The van der Waals surface area contributed by atoms with Crippen LogP contribution in [-0.4, -0.2) is 33.6 Å². The van der Waals surface area contributed by atoms with E-state index in [1.54, 1.807) is 0 Å². The van der Waals surface area contributed by atoms with Crippen molar-refractivity contribution in [3.63, 3.8) is 0 Å². The second kappa shape index (κ2) is 6.08. The van der Waals surface area contributed by atoms with Crippen LogP contribution in [0.3, 0.4) is 0 Å². The molecule has 2 heterocycles. The van der Waals surface area contributed by atoms with Crippen molar-refractivity contribution in [2.75, 3.05) is 12.4 Å². The molecule has 124 valence electrons. The number of carbonyl (C=O) groups is 1. The Morgan fingerprint density at radius 1 is 1.16 bits per heavy atom. The summed E-state index contributed by atoms with van der Waals surface area (Å²) in [6, 6.07) is 15.4. The Hall–Kier alpha value is -3.68. The van der Waals surface area contributed by atoms with Crippen LogP contribution in [0.1, 0.15) is 10.6 Å². The molecule has 0 saturated carbocycles. The van der Waals surface area contributed by atoms with Crippen LogP contribution < -0.4 is 10.1 Å². The molecule has 0 aliphatic carbocycles. The van der Waals surface area contributed by atoms with Gasteiger partial charge in [0.25, 0.3) is 11.9 Å². The fraction of sp³-hybridized carbons (Fsp3) is 0.0588. The zero-order valence-corrected chi connectivity index (χ0v) is 13.2. The van der Waals surface area contributed by atoms with Gasteiger partial charge in [-0.15, -0.1) is 5.10 Å². The van der Waals surface area contributed by atoms with Crippen LogP contribution in [0.2, 0.25) is 0 Å². The van der Waals surface area contributed by atoms with Crippen LogP contribution in [0.5, 0.6) is 5.75 Å². The Kier molecular flexibility index (Phi) is 3.62. The number of methoxy groups -OCH3 is 1. The van der Waals surface area contributed by atoms with Crippen molar-refractivity contribution >= 4 is 22.8 Å². The molecule has 4 aromatic rings. The number of fused-ring (bicyclic) bond motifs is 1. The molecule has 0 atom stereocenters. The van der Waals surface area contributed by atoms with E-state index >= 15 is 0 Å². The number of aromatic amines is 1. The molecule has 4 rings (SSSR count). The number of nitrogens with zero attached hydrogens (tertiary/aromatic N) is 3. The molecule has 0 aliphatic heterocycles. The molecule has 1 amide bonds. The van der Waals surface area contributed by atoms with Crippen molar-refractivity contribution in [2.24, 2.45) is 0 Å². The lowest BCUT2D eigenvalue weighted by Gasteiger charge is -2.02. The van der Waals surface area contributed by atoms with E-state index in [0.717, 1.165) is 11.1 Å². The minimum atomic E-state index is -0.520. The van der Waals surface area contributed by atoms with E-state index in [1.807, 2.05) is 48.5 Å². The van der Waals surface area contributed by atoms with Crippen LogP contribution in [0.25, 0.3) is 22.1 Å². The highest BCUT2D eigenvalue weighted by molar-refractivity contribution is 6.09. The van der Waals surface area contributed by atoms with Crippen molar-refractivity contribution in [2.45, 2.75) is 0 Å². The van der Waals surface area contributed by atoms with Gasteiger partial charge in [0.2, 0.25) is 5.76 Å². The molecular weight excluding hydrogens is 322 g/mol. The van der Waals surface area contributed by atoms with Gasteiger partial charge >= 0.3 is 0 Å². The number of anilines is 1. The average molecular weight is 335 g/mol. The number of ether oxygens (including phenoxy) is 1. The Balaban J connectivity index is 1.84. The Morgan fingerprint density at radius 2 is 2.00 bits per heavy atom. The first-order valence-corrected chi connectivity index (χ1v) is 7.47. The van der Waals surface area contributed by atoms with Crippen LogP contribution in [-0.2, 0) is 0 Å². The van der Waals surface area contributed by atoms with E-state index in [1.165, 1.54) is 7.11 Å². The molecule has 2 aromatic carbocycles. The highest BCUT2D eigenvalue weighted by atomic mass is 16.5. The summed E-state index contributed by atoms with van der Waals surface area (Å²) >= 11 is 0. The Morgan fingerprint density at radius 3 is 2.72 bits per heavy atom. The van der Waals surface area contributed by atoms with Gasteiger partial charge in [0.05, 0.1) is 12.5 Å². The SMILES string of the molecule is COc1c(C(=O)Nc2nn[nH]n2)oc2c(-c3ccccc3)cccc12. The topological polar surface area (TPSA) is 106 Å². The highest BCUT2D eigenvalue weighted by Crippen LogP contribution is 2.38. The molecule has 25 heavy (non-hydrogen) atoms. The Bertz CT molecular complexity index is 1030. The third-order valence-corrected chi connectivity index (χ3v) is 3.74. The number of H-pyrrole nitrogens is 1. The molecule has 0 spiro atoms. The molecule has 8 nitrogen and oxygen atoms in total. The van der Waals surface area contributed by atoms with E-state index in [2.05, 4.69) is 25.9 Å². The number of rotatable bonds is 4. The standard InChI is InChI=1S/C17H13N5O3/c1-24-14-12-9-5-8-11(10-6-3-2-4-7-10)13(12)25-15(14)16(23)18-17-19-21-22-20-17/h2-9H,1H3,(H2,18,19,20,21,22,23). The van der Waals surface area contributed by atoms with Gasteiger partial charge in [-0.3, -0.25) is 10.1 Å². The number of nitrogens with one attached hydrogen (secondary N) is 2. The zero-order chi connectivity index (χ0) is 17.2. The van der Waals surface area contributed by atoms with Crippen LogP contribution >= 0.6 is 0 Å². The van der Waals surface area contributed by atoms with Gasteiger partial charge in [-0.25, -0.2) is 0 Å². The summed E-state index contributed by atoms with van der Waals surface area (Å²) in [4.78, 5) is 12.5. The number of aromatic nitrogens is 4. The maximum Gasteiger partial charge on any atom is 0.297 e. The molecule has 0 unspecified atom stereocenters. The van der Waals surface area contributed by atoms with Crippen molar-refractivity contribution in [1.29, 1.82) is 0 Å². The lowest BCUT2D eigenvalue weighted by molar-refractivity contribution is 0.0994. The Labute approximate surface area is 141 Å². The zero-order valence-electron chi connectivity index (χ0n) is 13.2. The minimum absolute atomic E-state index is 0.0469. The third kappa shape index (κ3) is 2.59. The summed E-state index contributed by atoms with van der Waals surface area (Å²) in [5.74, 6) is -0.0660. The maximum absolute atomic E-state index is 12.5. The lowest BCUT2D eigenvalue weighted by atomic mass is 10.0. The van der Waals surface area contributed by atoms with E-state index < -0.39 is 5.91 Å². The number of carbonyl (C=O) groups excluding carboxylic acids is 1. The second-order valence-corrected chi connectivity index (χ2v) is 5.20. The number of amides is 1. The van der Waals surface area contributed by atoms with E-state index in [4.69, 9.17) is 9.15 Å². The molecule has 0 radical (unpaired) electrons. The van der Waals surface area contributed by atoms with Gasteiger partial charge in [-0.2, -0.15) is 5.21 Å². The number of furan rings is 1. The highest BCUT2D eigenvalue weighted by Gasteiger charge is 2.24. The summed E-state index contributed by atoms with van der Waals surface area (Å²) in [5, 5.41) is 16.3. The van der Waals surface area contributed by atoms with Crippen LogP contribution in [0.15, 0.2) is 52.9 Å². The van der Waals surface area contributed by atoms with Crippen molar-refractivity contribution in [3.05, 3.63) is 54.3 Å². The predicted octanol–water partition coefficient (Wildman–Crippen LogP) is 2.87. The fourth-order valence-electron chi connectivity index (χ4n) is 2.67.